The van der Waals surface area contributed by atoms with Crippen molar-refractivity contribution in [2.75, 3.05) is 5.32 Å². The molecule has 20 heavy (non-hydrogen) atoms. The molecule has 6 heteroatoms. The Hall–Kier alpha value is -2.42. The predicted octanol–water partition coefficient (Wildman–Crippen LogP) is 1.96. The summed E-state index contributed by atoms with van der Waals surface area (Å²) in [4.78, 5) is 4.18. The minimum Gasteiger partial charge on any atom is -0.363 e. The second-order valence-electron chi connectivity index (χ2n) is 5.03. The van der Waals surface area contributed by atoms with Crippen LogP contribution in [-0.2, 0) is 13.6 Å². The van der Waals surface area contributed by atoms with E-state index in [4.69, 9.17) is 5.26 Å². The van der Waals surface area contributed by atoms with Gasteiger partial charge in [-0.25, -0.2) is 4.98 Å². The maximum Gasteiger partial charge on any atom is 0.152 e. The summed E-state index contributed by atoms with van der Waals surface area (Å²) in [5, 5.41) is 20.5. The molecule has 3 rings (SSSR count). The predicted molar refractivity (Wildman–Crippen MR) is 73.9 cm³/mol. The third kappa shape index (κ3) is 2.35. The van der Waals surface area contributed by atoms with Crippen LogP contribution in [0.2, 0.25) is 0 Å². The Bertz CT molecular complexity index is 650. The fraction of sp³-hybridized carbons (Fsp3) is 0.429. The van der Waals surface area contributed by atoms with Crippen molar-refractivity contribution in [2.45, 2.75) is 31.7 Å². The number of anilines is 1. The molecule has 0 saturated heterocycles. The summed E-state index contributed by atoms with van der Waals surface area (Å²) in [5.41, 5.74) is 0.406. The Labute approximate surface area is 117 Å². The molecule has 0 aromatic carbocycles. The average Bonchev–Trinajstić information content (AvgIpc) is 2.77. The highest BCUT2D eigenvalue weighted by atomic mass is 15.3. The maximum atomic E-state index is 8.82. The third-order valence-electron chi connectivity index (χ3n) is 3.76. The molecule has 1 N–H and O–H groups in total. The van der Waals surface area contributed by atoms with Crippen LogP contribution in [0.4, 0.5) is 5.82 Å². The van der Waals surface area contributed by atoms with Crippen LogP contribution in [0.25, 0.3) is 0 Å². The standard InChI is InChI=1S/C14H16N6/c1-20-13(18-19-14(20)10-4-2-5-10)9-16-12-7-3-6-11(8-15)17-12/h3,6-7,10H,2,4-5,9H2,1H3,(H,16,17). The smallest absolute Gasteiger partial charge is 0.152 e. The van der Waals surface area contributed by atoms with Gasteiger partial charge in [0.2, 0.25) is 0 Å². The molecule has 102 valence electrons. The van der Waals surface area contributed by atoms with Crippen molar-refractivity contribution >= 4 is 5.82 Å². The highest BCUT2D eigenvalue weighted by molar-refractivity contribution is 5.38. The summed E-state index contributed by atoms with van der Waals surface area (Å²) in [6.45, 7) is 0.554. The van der Waals surface area contributed by atoms with Gasteiger partial charge in [0.25, 0.3) is 0 Å². The van der Waals surface area contributed by atoms with Crippen molar-refractivity contribution in [1.82, 2.24) is 19.7 Å². The van der Waals surface area contributed by atoms with Crippen LogP contribution in [0.1, 0.15) is 42.5 Å². The Morgan fingerprint density at radius 2 is 2.25 bits per heavy atom. The number of nitriles is 1. The zero-order valence-corrected chi connectivity index (χ0v) is 11.4. The van der Waals surface area contributed by atoms with Crippen LogP contribution in [0.5, 0.6) is 0 Å². The zero-order valence-electron chi connectivity index (χ0n) is 11.4. The van der Waals surface area contributed by atoms with Crippen molar-refractivity contribution in [1.29, 1.82) is 5.26 Å². The van der Waals surface area contributed by atoms with Crippen molar-refractivity contribution in [3.05, 3.63) is 35.5 Å². The first-order chi connectivity index (χ1) is 9.78. The molecule has 0 aliphatic heterocycles. The van der Waals surface area contributed by atoms with E-state index in [0.717, 1.165) is 11.6 Å². The maximum absolute atomic E-state index is 8.82. The van der Waals surface area contributed by atoms with Gasteiger partial charge < -0.3 is 9.88 Å². The van der Waals surface area contributed by atoms with Crippen LogP contribution in [0.3, 0.4) is 0 Å². The van der Waals surface area contributed by atoms with Gasteiger partial charge in [-0.3, -0.25) is 0 Å². The van der Waals surface area contributed by atoms with Gasteiger partial charge in [0.05, 0.1) is 6.54 Å². The molecule has 1 aliphatic carbocycles. The molecule has 0 radical (unpaired) electrons. The number of hydrogen-bond acceptors (Lipinski definition) is 5. The Kier molecular flexibility index (Phi) is 3.33. The molecule has 0 atom stereocenters. The van der Waals surface area contributed by atoms with Gasteiger partial charge in [-0.1, -0.05) is 12.5 Å². The largest absolute Gasteiger partial charge is 0.363 e. The normalized spacial score (nSPS) is 14.6. The van der Waals surface area contributed by atoms with Crippen LogP contribution in [0, 0.1) is 11.3 Å². The van der Waals surface area contributed by atoms with Gasteiger partial charge >= 0.3 is 0 Å². The summed E-state index contributed by atoms with van der Waals surface area (Å²) in [5.74, 6) is 3.21. The molecule has 6 nitrogen and oxygen atoms in total. The Morgan fingerprint density at radius 3 is 2.95 bits per heavy atom. The molecule has 0 bridgehead atoms. The lowest BCUT2D eigenvalue weighted by atomic mass is 9.85. The molecule has 2 heterocycles. The molecule has 1 saturated carbocycles. The lowest BCUT2D eigenvalue weighted by Crippen LogP contribution is -2.15. The number of aromatic nitrogens is 4. The minimum atomic E-state index is 0.406. The topological polar surface area (TPSA) is 79.4 Å². The summed E-state index contributed by atoms with van der Waals surface area (Å²) < 4.78 is 2.06. The second-order valence-corrected chi connectivity index (χ2v) is 5.03. The van der Waals surface area contributed by atoms with E-state index < -0.39 is 0 Å². The average molecular weight is 268 g/mol. The van der Waals surface area contributed by atoms with E-state index >= 15 is 0 Å². The Morgan fingerprint density at radius 1 is 1.40 bits per heavy atom. The molecule has 1 fully saturated rings. The molecule has 0 amide bonds. The van der Waals surface area contributed by atoms with Gasteiger partial charge in [0.1, 0.15) is 23.4 Å². The van der Waals surface area contributed by atoms with Gasteiger partial charge in [0, 0.05) is 13.0 Å². The van der Waals surface area contributed by atoms with E-state index in [9.17, 15) is 0 Å². The first-order valence-electron chi connectivity index (χ1n) is 6.77. The van der Waals surface area contributed by atoms with Crippen LogP contribution >= 0.6 is 0 Å². The van der Waals surface area contributed by atoms with Gasteiger partial charge in [-0.15, -0.1) is 10.2 Å². The minimum absolute atomic E-state index is 0.406. The molecule has 0 spiro atoms. The zero-order chi connectivity index (χ0) is 13.9. The van der Waals surface area contributed by atoms with Crippen molar-refractivity contribution < 1.29 is 0 Å². The first kappa shape index (κ1) is 12.6. The fourth-order valence-electron chi connectivity index (χ4n) is 2.32. The van der Waals surface area contributed by atoms with E-state index in [2.05, 4.69) is 25.1 Å². The summed E-state index contributed by atoms with van der Waals surface area (Å²) >= 11 is 0. The van der Waals surface area contributed by atoms with Gasteiger partial charge in [-0.2, -0.15) is 5.26 Å². The second kappa shape index (κ2) is 5.29. The summed E-state index contributed by atoms with van der Waals surface area (Å²) in [7, 11) is 2.00. The highest BCUT2D eigenvalue weighted by Crippen LogP contribution is 2.35. The number of pyridine rings is 1. The Balaban J connectivity index is 1.69. The summed E-state index contributed by atoms with van der Waals surface area (Å²) in [6.07, 6.45) is 3.71. The number of nitrogens with one attached hydrogen (secondary N) is 1. The highest BCUT2D eigenvalue weighted by Gasteiger charge is 2.25. The van der Waals surface area contributed by atoms with E-state index in [-0.39, 0.29) is 0 Å². The SMILES string of the molecule is Cn1c(CNc2cccc(C#N)n2)nnc1C1CCC1. The van der Waals surface area contributed by atoms with Gasteiger partial charge in [0.15, 0.2) is 5.82 Å². The molecular formula is C14H16N6. The van der Waals surface area contributed by atoms with Crippen LogP contribution < -0.4 is 5.32 Å². The number of rotatable bonds is 4. The quantitative estimate of drug-likeness (QED) is 0.917. The molecule has 2 aromatic rings. The molecule has 2 aromatic heterocycles. The van der Waals surface area contributed by atoms with E-state index in [1.54, 1.807) is 6.07 Å². The number of nitrogens with zero attached hydrogens (tertiary/aromatic N) is 5. The first-order valence-corrected chi connectivity index (χ1v) is 6.77. The lowest BCUT2D eigenvalue weighted by Gasteiger charge is -2.24. The molecular weight excluding hydrogens is 252 g/mol. The molecule has 0 unspecified atom stereocenters. The van der Waals surface area contributed by atoms with Crippen LogP contribution in [-0.4, -0.2) is 19.7 Å². The van der Waals surface area contributed by atoms with Gasteiger partial charge in [-0.05, 0) is 25.0 Å². The van der Waals surface area contributed by atoms with Crippen molar-refractivity contribution in [3.63, 3.8) is 0 Å². The molecule has 1 aliphatic rings. The monoisotopic (exact) mass is 268 g/mol. The summed E-state index contributed by atoms with van der Waals surface area (Å²) in [6, 6.07) is 7.36. The van der Waals surface area contributed by atoms with E-state index in [0.29, 0.717) is 24.0 Å². The van der Waals surface area contributed by atoms with E-state index in [1.165, 1.54) is 19.3 Å². The van der Waals surface area contributed by atoms with E-state index in [1.807, 2.05) is 25.2 Å². The number of hydrogen-bond donors (Lipinski definition) is 1. The van der Waals surface area contributed by atoms with Crippen molar-refractivity contribution in [2.24, 2.45) is 7.05 Å². The lowest BCUT2D eigenvalue weighted by molar-refractivity contribution is 0.391. The third-order valence-corrected chi connectivity index (χ3v) is 3.76. The van der Waals surface area contributed by atoms with Crippen molar-refractivity contribution in [3.8, 4) is 6.07 Å². The fourth-order valence-corrected chi connectivity index (χ4v) is 2.32. The van der Waals surface area contributed by atoms with Crippen LogP contribution in [0.15, 0.2) is 18.2 Å².